The lowest BCUT2D eigenvalue weighted by Gasteiger charge is -2.32. The number of nitro benzene ring substituents is 1. The minimum absolute atomic E-state index is 0.0143. The van der Waals surface area contributed by atoms with Crippen molar-refractivity contribution in [1.29, 1.82) is 0 Å². The number of hydrogen-bond donors (Lipinski definition) is 1. The Labute approximate surface area is 287 Å². The van der Waals surface area contributed by atoms with Crippen LogP contribution in [0.5, 0.6) is 5.75 Å². The number of azo groups is 1. The summed E-state index contributed by atoms with van der Waals surface area (Å²) in [7, 11) is 0. The Morgan fingerprint density at radius 1 is 0.625 bits per heavy atom. The van der Waals surface area contributed by atoms with Crippen LogP contribution in [0.15, 0.2) is 101 Å². The quantitative estimate of drug-likeness (QED) is 0.0504. The molecule has 0 unspecified atom stereocenters. The van der Waals surface area contributed by atoms with Crippen LogP contribution < -0.4 is 0 Å². The average Bonchev–Trinajstić information content (AvgIpc) is 3.09. The maximum atomic E-state index is 12.1. The largest absolute Gasteiger partial charge is 0.505 e. The number of phenolic OH excluding ortho intramolecular Hbond substituents is 1. The summed E-state index contributed by atoms with van der Waals surface area (Å²) in [4.78, 5) is 11.7. The second-order valence-electron chi connectivity index (χ2n) is 14.1. The molecule has 0 spiro atoms. The molecule has 0 amide bonds. The van der Waals surface area contributed by atoms with E-state index in [1.807, 2.05) is 48.5 Å². The minimum atomic E-state index is -0.555. The first-order valence-electron chi connectivity index (χ1n) is 17.7. The van der Waals surface area contributed by atoms with Gasteiger partial charge in [-0.3, -0.25) is 10.1 Å². The van der Waals surface area contributed by atoms with Crippen LogP contribution in [0.3, 0.4) is 0 Å². The Hall–Kier alpha value is -4.32. The summed E-state index contributed by atoms with van der Waals surface area (Å²) in [6.45, 7) is 10.7. The third kappa shape index (κ3) is 9.40. The summed E-state index contributed by atoms with van der Waals surface area (Å²) >= 11 is 0. The second-order valence-corrected chi connectivity index (χ2v) is 14.1. The van der Waals surface area contributed by atoms with E-state index in [4.69, 9.17) is 0 Å². The van der Waals surface area contributed by atoms with Gasteiger partial charge in [0.05, 0.1) is 4.92 Å². The summed E-state index contributed by atoms with van der Waals surface area (Å²) in [5, 5.41) is 32.7. The van der Waals surface area contributed by atoms with Crippen molar-refractivity contribution in [1.82, 2.24) is 0 Å². The number of aryl methyl sites for hydroxylation is 1. The Morgan fingerprint density at radius 2 is 1.15 bits per heavy atom. The molecule has 6 heteroatoms. The van der Waals surface area contributed by atoms with Gasteiger partial charge in [0, 0.05) is 22.5 Å². The number of rotatable bonds is 18. The highest BCUT2D eigenvalue weighted by atomic mass is 16.6. The monoisotopic (exact) mass is 647 g/mol. The molecule has 254 valence electrons. The molecule has 0 saturated carbocycles. The van der Waals surface area contributed by atoms with Crippen molar-refractivity contribution in [2.24, 2.45) is 10.2 Å². The number of hydrogen-bond acceptors (Lipinski definition) is 5. The van der Waals surface area contributed by atoms with Gasteiger partial charge in [0.2, 0.25) is 0 Å². The van der Waals surface area contributed by atoms with E-state index in [2.05, 4.69) is 75.2 Å². The van der Waals surface area contributed by atoms with E-state index >= 15 is 0 Å². The van der Waals surface area contributed by atoms with Gasteiger partial charge in [-0.05, 0) is 47.2 Å². The van der Waals surface area contributed by atoms with Crippen LogP contribution in [0.25, 0.3) is 0 Å². The standard InChI is InChI=1S/C42H53N3O3/c1-6-7-8-9-10-11-12-13-14-17-22-32-27-28-37(39(29-32)45(47)48)43-44-38-31-35(41(2,3)33-23-18-15-19-24-33)30-36(40(38)46)42(4,5)34-25-20-16-21-26-34/h15-16,18-21,23-31,46H,6-14,17,22H2,1-5H3/b44-43+. The molecule has 0 heterocycles. The van der Waals surface area contributed by atoms with Gasteiger partial charge in [-0.25, -0.2) is 0 Å². The van der Waals surface area contributed by atoms with Gasteiger partial charge in [0.1, 0.15) is 11.4 Å². The Bertz CT molecular complexity index is 1650. The summed E-state index contributed by atoms with van der Waals surface area (Å²) in [6.07, 6.45) is 13.3. The lowest BCUT2D eigenvalue weighted by molar-refractivity contribution is -0.384. The van der Waals surface area contributed by atoms with Gasteiger partial charge < -0.3 is 5.11 Å². The first-order chi connectivity index (χ1) is 23.1. The average molecular weight is 648 g/mol. The smallest absolute Gasteiger partial charge is 0.296 e. The first kappa shape index (κ1) is 36.5. The minimum Gasteiger partial charge on any atom is -0.505 e. The third-order valence-corrected chi connectivity index (χ3v) is 9.80. The summed E-state index contributed by atoms with van der Waals surface area (Å²) in [5.41, 5.74) is 4.18. The maximum Gasteiger partial charge on any atom is 0.296 e. The molecule has 4 aromatic rings. The number of benzene rings is 4. The highest BCUT2D eigenvalue weighted by Crippen LogP contribution is 2.46. The van der Waals surface area contributed by atoms with E-state index in [-0.39, 0.29) is 22.8 Å². The van der Waals surface area contributed by atoms with E-state index in [0.29, 0.717) is 5.56 Å². The van der Waals surface area contributed by atoms with Crippen molar-refractivity contribution >= 4 is 17.1 Å². The highest BCUT2D eigenvalue weighted by molar-refractivity contribution is 5.64. The molecule has 0 radical (unpaired) electrons. The van der Waals surface area contributed by atoms with Crippen molar-refractivity contribution in [3.05, 3.63) is 129 Å². The molecule has 6 nitrogen and oxygen atoms in total. The van der Waals surface area contributed by atoms with Gasteiger partial charge >= 0.3 is 0 Å². The fraction of sp³-hybridized carbons (Fsp3) is 0.429. The zero-order chi connectivity index (χ0) is 34.6. The van der Waals surface area contributed by atoms with Gasteiger partial charge in [0.15, 0.2) is 5.69 Å². The normalized spacial score (nSPS) is 12.1. The molecule has 0 aliphatic heterocycles. The molecular weight excluding hydrogens is 594 g/mol. The van der Waals surface area contributed by atoms with E-state index in [1.165, 1.54) is 51.4 Å². The third-order valence-electron chi connectivity index (χ3n) is 9.80. The van der Waals surface area contributed by atoms with Crippen LogP contribution in [0, 0.1) is 10.1 Å². The molecule has 4 rings (SSSR count). The second kappa shape index (κ2) is 17.2. The number of nitro groups is 1. The predicted molar refractivity (Wildman–Crippen MR) is 198 cm³/mol. The van der Waals surface area contributed by atoms with Crippen molar-refractivity contribution in [3.63, 3.8) is 0 Å². The fourth-order valence-electron chi connectivity index (χ4n) is 6.44. The predicted octanol–water partition coefficient (Wildman–Crippen LogP) is 12.8. The summed E-state index contributed by atoms with van der Waals surface area (Å²) in [5.74, 6) is 0.0143. The molecule has 0 saturated heterocycles. The van der Waals surface area contributed by atoms with Crippen molar-refractivity contribution in [3.8, 4) is 5.75 Å². The van der Waals surface area contributed by atoms with Gasteiger partial charge in [0.25, 0.3) is 5.69 Å². The molecule has 0 atom stereocenters. The van der Waals surface area contributed by atoms with E-state index in [9.17, 15) is 15.2 Å². The molecule has 0 aliphatic carbocycles. The van der Waals surface area contributed by atoms with Crippen LogP contribution in [0.1, 0.15) is 127 Å². The Balaban J connectivity index is 1.58. The number of phenols is 1. The lowest BCUT2D eigenvalue weighted by atomic mass is 9.72. The molecule has 0 aromatic heterocycles. The lowest BCUT2D eigenvalue weighted by Crippen LogP contribution is -2.23. The van der Waals surface area contributed by atoms with Crippen LogP contribution in [0.4, 0.5) is 17.1 Å². The van der Waals surface area contributed by atoms with Crippen molar-refractivity contribution < 1.29 is 10.0 Å². The zero-order valence-corrected chi connectivity index (χ0v) is 29.5. The summed E-state index contributed by atoms with van der Waals surface area (Å²) < 4.78 is 0. The van der Waals surface area contributed by atoms with Crippen molar-refractivity contribution in [2.75, 3.05) is 0 Å². The first-order valence-corrected chi connectivity index (χ1v) is 17.7. The Morgan fingerprint density at radius 3 is 1.71 bits per heavy atom. The maximum absolute atomic E-state index is 12.1. The van der Waals surface area contributed by atoms with Gasteiger partial charge in [-0.2, -0.15) is 0 Å². The highest BCUT2D eigenvalue weighted by Gasteiger charge is 2.32. The van der Waals surface area contributed by atoms with Gasteiger partial charge in [-0.15, -0.1) is 10.2 Å². The van der Waals surface area contributed by atoms with Gasteiger partial charge in [-0.1, -0.05) is 165 Å². The fourth-order valence-corrected chi connectivity index (χ4v) is 6.44. The SMILES string of the molecule is CCCCCCCCCCCCc1ccc(/N=N/c2cc(C(C)(C)c3ccccc3)cc(C(C)(C)c3ccccc3)c2O)c([N+](=O)[O-])c1. The van der Waals surface area contributed by atoms with Crippen LogP contribution in [-0.4, -0.2) is 10.0 Å². The molecule has 4 aromatic carbocycles. The summed E-state index contributed by atoms with van der Waals surface area (Å²) in [6, 6.07) is 29.4. The zero-order valence-electron chi connectivity index (χ0n) is 29.5. The number of unbranched alkanes of at least 4 members (excludes halogenated alkanes) is 9. The molecule has 0 fully saturated rings. The molecule has 48 heavy (non-hydrogen) atoms. The van der Waals surface area contributed by atoms with E-state index in [1.54, 1.807) is 12.1 Å². The van der Waals surface area contributed by atoms with Crippen LogP contribution >= 0.6 is 0 Å². The number of aromatic hydroxyl groups is 1. The molecular formula is C42H53N3O3. The van der Waals surface area contributed by atoms with E-state index < -0.39 is 15.8 Å². The van der Waals surface area contributed by atoms with Crippen LogP contribution in [0.2, 0.25) is 0 Å². The molecule has 0 aliphatic rings. The molecule has 1 N–H and O–H groups in total. The van der Waals surface area contributed by atoms with Crippen molar-refractivity contribution in [2.45, 2.75) is 116 Å². The molecule has 0 bridgehead atoms. The van der Waals surface area contributed by atoms with E-state index in [0.717, 1.165) is 41.5 Å². The number of nitrogens with zero attached hydrogens (tertiary/aromatic N) is 3. The topological polar surface area (TPSA) is 88.1 Å². The Kier molecular flexibility index (Phi) is 13.1. The van der Waals surface area contributed by atoms with Crippen LogP contribution in [-0.2, 0) is 17.3 Å².